The number of amidine groups is 1. The minimum atomic E-state index is -0.420. The van der Waals surface area contributed by atoms with E-state index in [1.807, 2.05) is 42.5 Å². The summed E-state index contributed by atoms with van der Waals surface area (Å²) in [4.78, 5) is 28.7. The number of rotatable bonds is 5. The third kappa shape index (κ3) is 4.34. The lowest BCUT2D eigenvalue weighted by Gasteiger charge is -2.28. The van der Waals surface area contributed by atoms with Gasteiger partial charge < -0.3 is 15.4 Å². The maximum absolute atomic E-state index is 11.9. The number of aliphatic imine (C=N–C) groups is 1. The van der Waals surface area contributed by atoms with E-state index in [2.05, 4.69) is 4.99 Å². The van der Waals surface area contributed by atoms with Gasteiger partial charge in [-0.15, -0.1) is 0 Å². The molecule has 1 aliphatic rings. The molecule has 0 aliphatic carbocycles. The molecule has 0 radical (unpaired) electrons. The van der Waals surface area contributed by atoms with Gasteiger partial charge in [0.1, 0.15) is 18.2 Å². The van der Waals surface area contributed by atoms with Crippen LogP contribution in [0.15, 0.2) is 47.5 Å². The second-order valence-electron chi connectivity index (χ2n) is 6.56. The number of ether oxygens (including phenoxy) is 1. The molecular formula is C21H23N3O3. The Morgan fingerprint density at radius 1 is 1.15 bits per heavy atom. The molecule has 0 unspecified atom stereocenters. The molecule has 0 atom stereocenters. The zero-order valence-electron chi connectivity index (χ0n) is 15.6. The van der Waals surface area contributed by atoms with Crippen LogP contribution >= 0.6 is 0 Å². The minimum Gasteiger partial charge on any atom is -0.489 e. The zero-order valence-corrected chi connectivity index (χ0v) is 15.6. The topological polar surface area (TPSA) is 85.0 Å². The number of hydrogen-bond donors (Lipinski definition) is 1. The highest BCUT2D eigenvalue weighted by Crippen LogP contribution is 2.24. The highest BCUT2D eigenvalue weighted by molar-refractivity contribution is 6.35. The lowest BCUT2D eigenvalue weighted by atomic mass is 9.99. The van der Waals surface area contributed by atoms with Crippen molar-refractivity contribution in [1.29, 1.82) is 0 Å². The quantitative estimate of drug-likeness (QED) is 0.499. The molecule has 0 spiro atoms. The summed E-state index contributed by atoms with van der Waals surface area (Å²) in [6.07, 6.45) is 0.718. The summed E-state index contributed by atoms with van der Waals surface area (Å²) in [5, 5.41) is 0. The molecule has 2 N–H and O–H groups in total. The van der Waals surface area contributed by atoms with Crippen molar-refractivity contribution in [1.82, 2.24) is 4.90 Å². The van der Waals surface area contributed by atoms with Crippen molar-refractivity contribution in [3.05, 3.63) is 64.7 Å². The number of fused-ring (bicyclic) bond motifs is 1. The lowest BCUT2D eigenvalue weighted by molar-refractivity contribution is -0.144. The Morgan fingerprint density at radius 2 is 1.89 bits per heavy atom. The number of Topliss-reactive ketones (excluding diaryl/α,β-unsaturated/α-hetero) is 1. The summed E-state index contributed by atoms with van der Waals surface area (Å²) >= 11 is 0. The van der Waals surface area contributed by atoms with Crippen LogP contribution in [0.3, 0.4) is 0 Å². The molecule has 1 amide bonds. The normalized spacial score (nSPS) is 13.9. The van der Waals surface area contributed by atoms with Gasteiger partial charge in [0.15, 0.2) is 0 Å². The number of nitrogens with zero attached hydrogens (tertiary/aromatic N) is 2. The Bertz CT molecular complexity index is 888. The van der Waals surface area contributed by atoms with Crippen LogP contribution in [0.5, 0.6) is 5.75 Å². The van der Waals surface area contributed by atoms with Gasteiger partial charge in [0.2, 0.25) is 5.78 Å². The molecule has 2 aromatic carbocycles. The van der Waals surface area contributed by atoms with Crippen LogP contribution in [-0.4, -0.2) is 36.0 Å². The first kappa shape index (κ1) is 18.6. The number of ketones is 1. The highest BCUT2D eigenvalue weighted by Gasteiger charge is 2.23. The molecule has 140 valence electrons. The van der Waals surface area contributed by atoms with Crippen molar-refractivity contribution < 1.29 is 14.3 Å². The van der Waals surface area contributed by atoms with Gasteiger partial charge in [-0.1, -0.05) is 30.3 Å². The predicted molar refractivity (Wildman–Crippen MR) is 104 cm³/mol. The highest BCUT2D eigenvalue weighted by atomic mass is 16.5. The fourth-order valence-electron chi connectivity index (χ4n) is 3.08. The summed E-state index contributed by atoms with van der Waals surface area (Å²) in [5.41, 5.74) is 9.94. The fourth-order valence-corrected chi connectivity index (χ4v) is 3.08. The van der Waals surface area contributed by atoms with Gasteiger partial charge in [0, 0.05) is 32.6 Å². The van der Waals surface area contributed by atoms with Crippen LogP contribution < -0.4 is 10.5 Å². The standard InChI is InChI=1S/C21H23N3O3/c1-14(25)21(26)24-10-9-17-11-19(8-7-18(17)12-24)27-13-15-3-5-16(6-4-15)20(22)23-2/h3-8,11H,9-10,12-13H2,1-2H3,(H2,22,23). The van der Waals surface area contributed by atoms with Gasteiger partial charge in [-0.25, -0.2) is 0 Å². The van der Waals surface area contributed by atoms with Gasteiger partial charge >= 0.3 is 0 Å². The van der Waals surface area contributed by atoms with E-state index in [0.717, 1.165) is 34.4 Å². The number of amides is 1. The molecule has 0 saturated heterocycles. The molecule has 2 aromatic rings. The average Bonchev–Trinajstić information content (AvgIpc) is 2.70. The zero-order chi connectivity index (χ0) is 19.4. The van der Waals surface area contributed by atoms with E-state index in [4.69, 9.17) is 10.5 Å². The molecule has 3 rings (SSSR count). The number of carbonyl (C=O) groups excluding carboxylic acids is 2. The summed E-state index contributed by atoms with van der Waals surface area (Å²) in [6.45, 7) is 2.79. The van der Waals surface area contributed by atoms with Crippen molar-refractivity contribution in [2.45, 2.75) is 26.5 Å². The van der Waals surface area contributed by atoms with Crippen molar-refractivity contribution in [3.63, 3.8) is 0 Å². The molecule has 1 heterocycles. The van der Waals surface area contributed by atoms with E-state index < -0.39 is 11.7 Å². The summed E-state index contributed by atoms with van der Waals surface area (Å²) < 4.78 is 5.90. The SMILES string of the molecule is CN=C(N)c1ccc(COc2ccc3c(c2)CCN(C(=O)C(C)=O)C3)cc1. The number of hydrogen-bond acceptors (Lipinski definition) is 4. The maximum atomic E-state index is 11.9. The van der Waals surface area contributed by atoms with Crippen LogP contribution in [0.4, 0.5) is 0 Å². The van der Waals surface area contributed by atoms with Crippen LogP contribution in [0.1, 0.15) is 29.2 Å². The maximum Gasteiger partial charge on any atom is 0.289 e. The van der Waals surface area contributed by atoms with Gasteiger partial charge in [-0.05, 0) is 35.2 Å². The van der Waals surface area contributed by atoms with Gasteiger partial charge in [-0.2, -0.15) is 0 Å². The van der Waals surface area contributed by atoms with Gasteiger partial charge in [0.05, 0.1) is 0 Å². The van der Waals surface area contributed by atoms with Crippen molar-refractivity contribution in [2.75, 3.05) is 13.6 Å². The number of carbonyl (C=O) groups is 2. The molecule has 0 bridgehead atoms. The minimum absolute atomic E-state index is 0.418. The van der Waals surface area contributed by atoms with E-state index >= 15 is 0 Å². The Balaban J connectivity index is 1.63. The smallest absolute Gasteiger partial charge is 0.289 e. The van der Waals surface area contributed by atoms with E-state index in [-0.39, 0.29) is 0 Å². The summed E-state index contributed by atoms with van der Waals surface area (Å²) in [6, 6.07) is 13.7. The second-order valence-corrected chi connectivity index (χ2v) is 6.56. The third-order valence-corrected chi connectivity index (χ3v) is 4.67. The van der Waals surface area contributed by atoms with Crippen LogP contribution in [0.25, 0.3) is 0 Å². The molecule has 1 aliphatic heterocycles. The largest absolute Gasteiger partial charge is 0.489 e. The lowest BCUT2D eigenvalue weighted by Crippen LogP contribution is -2.39. The summed E-state index contributed by atoms with van der Waals surface area (Å²) in [5.74, 6) is 0.461. The van der Waals surface area contributed by atoms with Crippen LogP contribution in [0, 0.1) is 0 Å². The first-order chi connectivity index (χ1) is 13.0. The van der Waals surface area contributed by atoms with Crippen LogP contribution in [-0.2, 0) is 29.2 Å². The predicted octanol–water partition coefficient (Wildman–Crippen LogP) is 2.07. The second kappa shape index (κ2) is 8.03. The Labute approximate surface area is 158 Å². The number of benzene rings is 2. The number of nitrogens with two attached hydrogens (primary N) is 1. The average molecular weight is 365 g/mol. The van der Waals surface area contributed by atoms with E-state index in [1.54, 1.807) is 11.9 Å². The van der Waals surface area contributed by atoms with Crippen molar-refractivity contribution >= 4 is 17.5 Å². The van der Waals surface area contributed by atoms with E-state index in [1.165, 1.54) is 6.92 Å². The Hall–Kier alpha value is -3.15. The summed E-state index contributed by atoms with van der Waals surface area (Å²) in [7, 11) is 1.66. The van der Waals surface area contributed by atoms with E-state index in [9.17, 15) is 9.59 Å². The Kier molecular flexibility index (Phi) is 5.54. The Morgan fingerprint density at radius 3 is 2.56 bits per heavy atom. The molecule has 0 fully saturated rings. The van der Waals surface area contributed by atoms with Crippen molar-refractivity contribution in [2.24, 2.45) is 10.7 Å². The third-order valence-electron chi connectivity index (χ3n) is 4.67. The van der Waals surface area contributed by atoms with Crippen LogP contribution in [0.2, 0.25) is 0 Å². The first-order valence-corrected chi connectivity index (χ1v) is 8.84. The molecule has 27 heavy (non-hydrogen) atoms. The molecular weight excluding hydrogens is 342 g/mol. The molecule has 6 nitrogen and oxygen atoms in total. The van der Waals surface area contributed by atoms with Gasteiger partial charge in [-0.3, -0.25) is 14.6 Å². The van der Waals surface area contributed by atoms with Gasteiger partial charge in [0.25, 0.3) is 5.91 Å². The fraction of sp³-hybridized carbons (Fsp3) is 0.286. The monoisotopic (exact) mass is 365 g/mol. The molecule has 0 saturated carbocycles. The van der Waals surface area contributed by atoms with E-state index in [0.29, 0.717) is 25.5 Å². The molecule has 0 aromatic heterocycles. The first-order valence-electron chi connectivity index (χ1n) is 8.84. The molecule has 6 heteroatoms. The van der Waals surface area contributed by atoms with Crippen molar-refractivity contribution in [3.8, 4) is 5.75 Å².